The number of allylic oxidation sites excluding steroid dienone is 2. The van der Waals surface area contributed by atoms with Crippen LogP contribution in [0, 0.1) is 0 Å². The molecule has 0 amide bonds. The number of hydrazine groups is 1. The third-order valence-electron chi connectivity index (χ3n) is 2.50. The van der Waals surface area contributed by atoms with E-state index in [9.17, 15) is 0 Å². The highest BCUT2D eigenvalue weighted by atomic mass is 16.5. The summed E-state index contributed by atoms with van der Waals surface area (Å²) in [7, 11) is 0. The van der Waals surface area contributed by atoms with Crippen LogP contribution in [0.3, 0.4) is 0 Å². The molecular formula is C12H22N2O. The Balaban J connectivity index is 2.26. The van der Waals surface area contributed by atoms with Gasteiger partial charge in [-0.2, -0.15) is 0 Å². The van der Waals surface area contributed by atoms with Gasteiger partial charge in [-0.3, -0.25) is 5.43 Å². The number of rotatable bonds is 7. The molecule has 86 valence electrons. The molecular weight excluding hydrogens is 188 g/mol. The van der Waals surface area contributed by atoms with Crippen LogP contribution >= 0.6 is 0 Å². The second kappa shape index (κ2) is 7.21. The van der Waals surface area contributed by atoms with Crippen LogP contribution in [0.1, 0.15) is 46.0 Å². The smallest absolute Gasteiger partial charge is 0.205 e. The van der Waals surface area contributed by atoms with E-state index in [2.05, 4.69) is 24.7 Å². The normalized spacial score (nSPS) is 16.3. The quantitative estimate of drug-likeness (QED) is 0.634. The standard InChI is InChI=1S/C12H22N2O/c1-3-5-6-8-11(4-2)15-12-9-7-10-13-14-12/h7,9-11,13-14H,3-6,8H2,1-2H3. The van der Waals surface area contributed by atoms with E-state index in [-0.39, 0.29) is 0 Å². The molecule has 1 aliphatic heterocycles. The van der Waals surface area contributed by atoms with Gasteiger partial charge in [0.05, 0.1) is 0 Å². The number of nitrogens with one attached hydrogen (secondary N) is 2. The SMILES string of the molecule is CCCCCC(CC)OC1=CC=CNN1. The Hall–Kier alpha value is -1.12. The Morgan fingerprint density at radius 2 is 2.20 bits per heavy atom. The van der Waals surface area contributed by atoms with Crippen LogP contribution in [0.4, 0.5) is 0 Å². The van der Waals surface area contributed by atoms with Gasteiger partial charge in [-0.1, -0.05) is 26.7 Å². The fourth-order valence-corrected chi connectivity index (χ4v) is 1.55. The van der Waals surface area contributed by atoms with E-state index in [4.69, 9.17) is 4.74 Å². The van der Waals surface area contributed by atoms with Crippen molar-refractivity contribution < 1.29 is 4.74 Å². The summed E-state index contributed by atoms with van der Waals surface area (Å²) in [6, 6.07) is 0. The molecule has 1 rings (SSSR count). The molecule has 0 saturated carbocycles. The lowest BCUT2D eigenvalue weighted by Crippen LogP contribution is -2.31. The molecule has 1 heterocycles. The van der Waals surface area contributed by atoms with E-state index < -0.39 is 0 Å². The van der Waals surface area contributed by atoms with E-state index in [0.717, 1.165) is 18.7 Å². The minimum Gasteiger partial charge on any atom is -0.475 e. The van der Waals surface area contributed by atoms with Gasteiger partial charge in [0.2, 0.25) is 5.88 Å². The summed E-state index contributed by atoms with van der Waals surface area (Å²) < 4.78 is 5.82. The average Bonchev–Trinajstić information content (AvgIpc) is 2.29. The maximum Gasteiger partial charge on any atom is 0.205 e. The molecule has 3 heteroatoms. The van der Waals surface area contributed by atoms with Crippen LogP contribution < -0.4 is 10.9 Å². The molecule has 3 nitrogen and oxygen atoms in total. The van der Waals surface area contributed by atoms with Gasteiger partial charge in [-0.15, -0.1) is 0 Å². The van der Waals surface area contributed by atoms with E-state index in [1.807, 2.05) is 18.4 Å². The van der Waals surface area contributed by atoms with Crippen molar-refractivity contribution in [1.29, 1.82) is 0 Å². The van der Waals surface area contributed by atoms with Crippen molar-refractivity contribution >= 4 is 0 Å². The van der Waals surface area contributed by atoms with Crippen LogP contribution in [-0.2, 0) is 4.74 Å². The largest absolute Gasteiger partial charge is 0.475 e. The van der Waals surface area contributed by atoms with Gasteiger partial charge in [0, 0.05) is 12.3 Å². The van der Waals surface area contributed by atoms with Crippen molar-refractivity contribution in [2.75, 3.05) is 0 Å². The third-order valence-corrected chi connectivity index (χ3v) is 2.50. The molecule has 0 aromatic carbocycles. The predicted octanol–water partition coefficient (Wildman–Crippen LogP) is 2.82. The second-order valence-corrected chi connectivity index (χ2v) is 3.80. The summed E-state index contributed by atoms with van der Waals surface area (Å²) in [5, 5.41) is 0. The van der Waals surface area contributed by atoms with Crippen LogP contribution in [0.25, 0.3) is 0 Å². The number of ether oxygens (including phenoxy) is 1. The van der Waals surface area contributed by atoms with E-state index in [1.165, 1.54) is 19.3 Å². The minimum absolute atomic E-state index is 0.337. The molecule has 1 unspecified atom stereocenters. The molecule has 0 fully saturated rings. The molecule has 0 saturated heterocycles. The zero-order valence-electron chi connectivity index (χ0n) is 9.75. The van der Waals surface area contributed by atoms with E-state index in [1.54, 1.807) is 0 Å². The topological polar surface area (TPSA) is 33.3 Å². The van der Waals surface area contributed by atoms with Gasteiger partial charge in [0.1, 0.15) is 6.10 Å². The van der Waals surface area contributed by atoms with E-state index in [0.29, 0.717) is 6.10 Å². The Bertz CT molecular complexity index is 224. The first-order valence-corrected chi connectivity index (χ1v) is 5.91. The second-order valence-electron chi connectivity index (χ2n) is 3.80. The molecule has 0 aliphatic carbocycles. The van der Waals surface area contributed by atoms with Crippen LogP contribution in [0.15, 0.2) is 24.2 Å². The Kier molecular flexibility index (Phi) is 5.74. The van der Waals surface area contributed by atoms with Crippen molar-refractivity contribution in [3.8, 4) is 0 Å². The Labute approximate surface area is 92.6 Å². The summed E-state index contributed by atoms with van der Waals surface area (Å²) in [6.07, 6.45) is 12.1. The number of unbranched alkanes of at least 4 members (excludes halogenated alkanes) is 2. The highest BCUT2D eigenvalue weighted by Crippen LogP contribution is 2.13. The predicted molar refractivity (Wildman–Crippen MR) is 62.8 cm³/mol. The number of hydrogen-bond donors (Lipinski definition) is 2. The maximum atomic E-state index is 5.82. The molecule has 0 radical (unpaired) electrons. The molecule has 15 heavy (non-hydrogen) atoms. The minimum atomic E-state index is 0.337. The fraction of sp³-hybridized carbons (Fsp3) is 0.667. The van der Waals surface area contributed by atoms with Gasteiger partial charge in [0.25, 0.3) is 0 Å². The molecule has 0 bridgehead atoms. The van der Waals surface area contributed by atoms with E-state index >= 15 is 0 Å². The van der Waals surface area contributed by atoms with Crippen molar-refractivity contribution in [3.63, 3.8) is 0 Å². The first-order chi connectivity index (χ1) is 7.36. The summed E-state index contributed by atoms with van der Waals surface area (Å²) >= 11 is 0. The van der Waals surface area contributed by atoms with Crippen molar-refractivity contribution in [1.82, 2.24) is 10.9 Å². The summed E-state index contributed by atoms with van der Waals surface area (Å²) in [6.45, 7) is 4.39. The number of hydrogen-bond acceptors (Lipinski definition) is 3. The lowest BCUT2D eigenvalue weighted by Gasteiger charge is -2.21. The van der Waals surface area contributed by atoms with Crippen LogP contribution in [-0.4, -0.2) is 6.10 Å². The zero-order chi connectivity index (χ0) is 10.9. The fourth-order valence-electron chi connectivity index (χ4n) is 1.55. The van der Waals surface area contributed by atoms with Crippen molar-refractivity contribution in [2.24, 2.45) is 0 Å². The van der Waals surface area contributed by atoms with Gasteiger partial charge in [0.15, 0.2) is 0 Å². The van der Waals surface area contributed by atoms with Crippen molar-refractivity contribution in [2.45, 2.75) is 52.1 Å². The first-order valence-electron chi connectivity index (χ1n) is 5.91. The highest BCUT2D eigenvalue weighted by molar-refractivity contribution is 5.09. The third kappa shape index (κ3) is 4.77. The van der Waals surface area contributed by atoms with Crippen LogP contribution in [0.2, 0.25) is 0 Å². The van der Waals surface area contributed by atoms with Gasteiger partial charge in [-0.05, 0) is 25.3 Å². The molecule has 0 spiro atoms. The monoisotopic (exact) mass is 210 g/mol. The lowest BCUT2D eigenvalue weighted by atomic mass is 10.1. The molecule has 1 atom stereocenters. The Morgan fingerprint density at radius 3 is 2.80 bits per heavy atom. The van der Waals surface area contributed by atoms with Crippen molar-refractivity contribution in [3.05, 3.63) is 24.2 Å². The first kappa shape index (κ1) is 12.0. The molecule has 0 aromatic rings. The highest BCUT2D eigenvalue weighted by Gasteiger charge is 2.09. The zero-order valence-corrected chi connectivity index (χ0v) is 9.75. The molecule has 0 aromatic heterocycles. The van der Waals surface area contributed by atoms with Gasteiger partial charge >= 0.3 is 0 Å². The Morgan fingerprint density at radius 1 is 1.33 bits per heavy atom. The van der Waals surface area contributed by atoms with Gasteiger partial charge in [-0.25, -0.2) is 0 Å². The lowest BCUT2D eigenvalue weighted by molar-refractivity contribution is 0.0848. The summed E-state index contributed by atoms with van der Waals surface area (Å²) in [5.74, 6) is 0.820. The van der Waals surface area contributed by atoms with Gasteiger partial charge < -0.3 is 10.2 Å². The van der Waals surface area contributed by atoms with Crippen LogP contribution in [0.5, 0.6) is 0 Å². The molecule has 1 aliphatic rings. The average molecular weight is 210 g/mol. The maximum absolute atomic E-state index is 5.82. The summed E-state index contributed by atoms with van der Waals surface area (Å²) in [5.41, 5.74) is 5.88. The molecule has 2 N–H and O–H groups in total. The summed E-state index contributed by atoms with van der Waals surface area (Å²) in [4.78, 5) is 0.